The third-order valence-electron chi connectivity index (χ3n) is 3.61. The van der Waals surface area contributed by atoms with Gasteiger partial charge in [0.2, 0.25) is 0 Å². The van der Waals surface area contributed by atoms with Crippen LogP contribution in [0.1, 0.15) is 33.6 Å². The average Bonchev–Trinajstić information content (AvgIpc) is 2.21. The number of carboxylic acids is 2. The Kier molecular flexibility index (Phi) is 6.47. The Morgan fingerprint density at radius 1 is 1.17 bits per heavy atom. The van der Waals surface area contributed by atoms with Crippen molar-refractivity contribution in [1.29, 1.82) is 0 Å². The first-order valence-electron chi connectivity index (χ1n) is 5.58. The molecule has 0 fully saturated rings. The number of aliphatic carboxylic acids is 2. The van der Waals surface area contributed by atoms with Gasteiger partial charge < -0.3 is 10.2 Å². The van der Waals surface area contributed by atoms with Crippen LogP contribution in [0.5, 0.6) is 0 Å². The molecule has 0 saturated heterocycles. The molecule has 0 saturated carbocycles. The third kappa shape index (κ3) is 3.13. The zero-order chi connectivity index (χ0) is 14.7. The van der Waals surface area contributed by atoms with Gasteiger partial charge in [-0.2, -0.15) is 0 Å². The maximum absolute atomic E-state index is 11.3. The molecule has 0 aliphatic heterocycles. The van der Waals surface area contributed by atoms with Crippen LogP contribution in [0, 0.1) is 11.8 Å². The molecule has 0 radical (unpaired) electrons. The normalized spacial score (nSPS) is 17.3. The molecule has 2 atom stereocenters. The van der Waals surface area contributed by atoms with E-state index in [0.717, 1.165) is 0 Å². The Hall–Kier alpha value is 0.0269. The molecule has 0 bridgehead atoms. The van der Waals surface area contributed by atoms with Crippen molar-refractivity contribution < 1.29 is 19.8 Å². The summed E-state index contributed by atoms with van der Waals surface area (Å²) in [6, 6.07) is -3.55. The minimum absolute atomic E-state index is 0.202. The van der Waals surface area contributed by atoms with Gasteiger partial charge in [-0.15, -0.1) is 33.2 Å². The van der Waals surface area contributed by atoms with E-state index in [4.69, 9.17) is 33.2 Å². The second-order valence-corrected chi connectivity index (χ2v) is 13.1. The van der Waals surface area contributed by atoms with Crippen LogP contribution in [0.2, 0.25) is 5.04 Å². The lowest BCUT2D eigenvalue weighted by Gasteiger charge is -2.44. The fourth-order valence-corrected chi connectivity index (χ4v) is 7.99. The average molecular weight is 336 g/mol. The summed E-state index contributed by atoms with van der Waals surface area (Å²) in [6.45, 7) is 5.22. The van der Waals surface area contributed by atoms with Crippen LogP contribution < -0.4 is 0 Å². The van der Waals surface area contributed by atoms with E-state index in [1.807, 2.05) is 6.92 Å². The van der Waals surface area contributed by atoms with Gasteiger partial charge in [0.25, 0.3) is 0 Å². The van der Waals surface area contributed by atoms with Crippen LogP contribution in [0.25, 0.3) is 0 Å². The van der Waals surface area contributed by atoms with Crippen LogP contribution in [-0.4, -0.2) is 28.2 Å². The van der Waals surface area contributed by atoms with Crippen molar-refractivity contribution in [3.8, 4) is 0 Å². The summed E-state index contributed by atoms with van der Waals surface area (Å²) in [7, 11) is 0. The van der Waals surface area contributed by atoms with E-state index in [-0.39, 0.29) is 12.3 Å². The molecule has 2 unspecified atom stereocenters. The van der Waals surface area contributed by atoms with E-state index in [2.05, 4.69) is 0 Å². The summed E-state index contributed by atoms with van der Waals surface area (Å²) in [5.41, 5.74) is 0. The second kappa shape index (κ2) is 6.46. The highest BCUT2D eigenvalue weighted by molar-refractivity contribution is 7.65. The molecule has 0 aliphatic carbocycles. The van der Waals surface area contributed by atoms with Crippen LogP contribution in [0.4, 0.5) is 0 Å². The van der Waals surface area contributed by atoms with Gasteiger partial charge in [-0.25, -0.2) is 0 Å². The molecule has 0 amide bonds. The Morgan fingerprint density at radius 2 is 1.56 bits per heavy atom. The van der Waals surface area contributed by atoms with Crippen LogP contribution in [0.3, 0.4) is 0 Å². The minimum atomic E-state index is -3.55. The fourth-order valence-electron chi connectivity index (χ4n) is 2.39. The number of hydrogen-bond donors (Lipinski definition) is 2. The Labute approximate surface area is 121 Å². The number of carboxylic acid groups (broad SMARTS) is 2. The van der Waals surface area contributed by atoms with Crippen molar-refractivity contribution in [3.05, 3.63) is 0 Å². The highest BCUT2D eigenvalue weighted by atomic mass is 35.8. The molecule has 2 N–H and O–H groups in total. The summed E-state index contributed by atoms with van der Waals surface area (Å²) < 4.78 is 0. The largest absolute Gasteiger partial charge is 0.481 e. The molecule has 0 spiro atoms. The first kappa shape index (κ1) is 18.0. The summed E-state index contributed by atoms with van der Waals surface area (Å²) in [5.74, 6) is -4.91. The van der Waals surface area contributed by atoms with Crippen molar-refractivity contribution in [2.45, 2.75) is 38.7 Å². The first-order chi connectivity index (χ1) is 8.06. The van der Waals surface area contributed by atoms with Crippen LogP contribution in [-0.2, 0) is 9.59 Å². The van der Waals surface area contributed by atoms with Gasteiger partial charge in [0.15, 0.2) is 5.92 Å². The fraction of sp³-hybridized carbons (Fsp3) is 0.800. The standard InChI is InChI=1S/C10H17Cl3O4Si/c1-4-6(3)10(5-2,18(11,12)13)7(8(14)15)9(16)17/h6-7H,4-5H2,1-3H3,(H,14,15)(H,16,17). The second-order valence-electron chi connectivity index (χ2n) is 4.31. The molecule has 0 aliphatic rings. The van der Waals surface area contributed by atoms with E-state index < -0.39 is 28.9 Å². The molecular weight excluding hydrogens is 319 g/mol. The third-order valence-corrected chi connectivity index (χ3v) is 8.97. The maximum atomic E-state index is 11.3. The summed E-state index contributed by atoms with van der Waals surface area (Å²) in [5, 5.41) is 17.1. The van der Waals surface area contributed by atoms with Crippen molar-refractivity contribution >= 4 is 51.2 Å². The molecular formula is C10H17Cl3O4Si. The first-order valence-corrected chi connectivity index (χ1v) is 10.6. The molecule has 0 heterocycles. The van der Waals surface area contributed by atoms with Gasteiger partial charge in [0, 0.05) is 5.04 Å². The molecule has 106 valence electrons. The predicted molar refractivity (Wildman–Crippen MR) is 74.5 cm³/mol. The number of rotatable bonds is 7. The van der Waals surface area contributed by atoms with Gasteiger partial charge in [0.1, 0.15) is 0 Å². The lowest BCUT2D eigenvalue weighted by atomic mass is 9.78. The van der Waals surface area contributed by atoms with E-state index in [0.29, 0.717) is 6.42 Å². The van der Waals surface area contributed by atoms with Crippen molar-refractivity contribution in [1.82, 2.24) is 0 Å². The molecule has 0 aromatic rings. The van der Waals surface area contributed by atoms with Gasteiger partial charge in [-0.05, 0) is 12.3 Å². The summed E-state index contributed by atoms with van der Waals surface area (Å²) in [6.07, 6.45) is 0.750. The van der Waals surface area contributed by atoms with E-state index >= 15 is 0 Å². The molecule has 8 heteroatoms. The zero-order valence-corrected chi connectivity index (χ0v) is 13.7. The van der Waals surface area contributed by atoms with Crippen molar-refractivity contribution in [2.24, 2.45) is 11.8 Å². The molecule has 0 aromatic heterocycles. The van der Waals surface area contributed by atoms with Gasteiger partial charge in [-0.3, -0.25) is 9.59 Å². The van der Waals surface area contributed by atoms with Gasteiger partial charge in [0.05, 0.1) is 0 Å². The molecule has 0 aromatic carbocycles. The topological polar surface area (TPSA) is 74.6 Å². The summed E-state index contributed by atoms with van der Waals surface area (Å²) >= 11 is 18.2. The summed E-state index contributed by atoms with van der Waals surface area (Å²) in [4.78, 5) is 22.6. The minimum Gasteiger partial charge on any atom is -0.481 e. The highest BCUT2D eigenvalue weighted by Crippen LogP contribution is 2.60. The van der Waals surface area contributed by atoms with Gasteiger partial charge >= 0.3 is 17.9 Å². The number of carbonyl (C=O) groups is 2. The molecule has 18 heavy (non-hydrogen) atoms. The smallest absolute Gasteiger partial charge is 0.348 e. The quantitative estimate of drug-likeness (QED) is 0.423. The zero-order valence-electron chi connectivity index (χ0n) is 10.4. The molecule has 0 rings (SSSR count). The number of hydrogen-bond acceptors (Lipinski definition) is 2. The van der Waals surface area contributed by atoms with Crippen molar-refractivity contribution in [2.75, 3.05) is 0 Å². The van der Waals surface area contributed by atoms with E-state index in [1.165, 1.54) is 0 Å². The maximum Gasteiger partial charge on any atom is 0.348 e. The van der Waals surface area contributed by atoms with Gasteiger partial charge in [-0.1, -0.05) is 27.2 Å². The lowest BCUT2D eigenvalue weighted by Crippen LogP contribution is -2.50. The van der Waals surface area contributed by atoms with Crippen molar-refractivity contribution in [3.63, 3.8) is 0 Å². The SMILES string of the molecule is CCC(C)C(CC)(C(C(=O)O)C(=O)O)[Si](Cl)(Cl)Cl. The molecule has 4 nitrogen and oxygen atoms in total. The van der Waals surface area contributed by atoms with Crippen LogP contribution >= 0.6 is 33.2 Å². The van der Waals surface area contributed by atoms with E-state index in [9.17, 15) is 19.8 Å². The van der Waals surface area contributed by atoms with E-state index in [1.54, 1.807) is 13.8 Å². The lowest BCUT2D eigenvalue weighted by molar-refractivity contribution is -0.157. The Balaban J connectivity index is 6.00. The number of halogens is 3. The Bertz CT molecular complexity index is 318. The Morgan fingerprint density at radius 3 is 1.72 bits per heavy atom. The predicted octanol–water partition coefficient (Wildman–Crippen LogP) is 3.62. The monoisotopic (exact) mass is 334 g/mol. The highest BCUT2D eigenvalue weighted by Gasteiger charge is 2.62. The van der Waals surface area contributed by atoms with Crippen LogP contribution in [0.15, 0.2) is 0 Å².